The second-order valence-corrected chi connectivity index (χ2v) is 9.16. The zero-order valence-corrected chi connectivity index (χ0v) is 21.8. The van der Waals surface area contributed by atoms with E-state index in [1.54, 1.807) is 36.4 Å². The van der Waals surface area contributed by atoms with Crippen molar-refractivity contribution in [3.05, 3.63) is 85.7 Å². The lowest BCUT2D eigenvalue weighted by Gasteiger charge is -2.16. The van der Waals surface area contributed by atoms with Crippen molar-refractivity contribution in [1.29, 1.82) is 0 Å². The van der Waals surface area contributed by atoms with Crippen molar-refractivity contribution >= 4 is 35.2 Å². The Balaban J connectivity index is 0.000000312. The second kappa shape index (κ2) is 12.1. The maximum absolute atomic E-state index is 14.1. The minimum atomic E-state index is -4.55. The summed E-state index contributed by atoms with van der Waals surface area (Å²) in [5.41, 5.74) is -0.758. The Morgan fingerprint density at radius 1 is 0.784 bits per heavy atom. The first-order valence-corrected chi connectivity index (χ1v) is 11.6. The van der Waals surface area contributed by atoms with Gasteiger partial charge in [-0.15, -0.1) is 0 Å². The Kier molecular flexibility index (Phi) is 9.86. The van der Waals surface area contributed by atoms with Gasteiger partial charge in [0.15, 0.2) is 12.6 Å². The second-order valence-electron chi connectivity index (χ2n) is 8.00. The van der Waals surface area contributed by atoms with Gasteiger partial charge in [-0.05, 0) is 76.0 Å². The number of rotatable bonds is 5. The Hall–Kier alpha value is -2.96. The van der Waals surface area contributed by atoms with E-state index in [4.69, 9.17) is 4.74 Å². The lowest BCUT2D eigenvalue weighted by molar-refractivity contribution is -0.138. The molecule has 3 rings (SSSR count). The third-order valence-corrected chi connectivity index (χ3v) is 6.17. The predicted octanol–water partition coefficient (Wildman–Crippen LogP) is 8.58. The quantitative estimate of drug-likeness (QED) is 0.160. The maximum Gasteiger partial charge on any atom is 0.416 e. The topological polar surface area (TPSA) is 43.4 Å². The highest BCUT2D eigenvalue weighted by molar-refractivity contribution is 14.1. The first-order valence-electron chi connectivity index (χ1n) is 10.5. The summed E-state index contributed by atoms with van der Waals surface area (Å²) in [6.45, 7) is 3.59. The van der Waals surface area contributed by atoms with E-state index in [0.717, 1.165) is 24.3 Å². The van der Waals surface area contributed by atoms with Crippen LogP contribution in [0.1, 0.15) is 57.2 Å². The number of methoxy groups -OCH3 is 1. The summed E-state index contributed by atoms with van der Waals surface area (Å²) in [5.74, 6) is -0.450. The largest absolute Gasteiger partial charge is 0.496 e. The molecule has 0 atom stereocenters. The minimum Gasteiger partial charge on any atom is -0.496 e. The molecule has 0 aliphatic rings. The minimum absolute atomic E-state index is 0.0652. The van der Waals surface area contributed by atoms with E-state index in [9.17, 15) is 40.3 Å². The van der Waals surface area contributed by atoms with Crippen LogP contribution in [0.4, 0.5) is 30.7 Å². The average molecular weight is 640 g/mol. The molecule has 0 saturated heterocycles. The van der Waals surface area contributed by atoms with Crippen LogP contribution in [0.5, 0.6) is 5.75 Å². The van der Waals surface area contributed by atoms with Crippen molar-refractivity contribution in [2.45, 2.75) is 32.1 Å². The Morgan fingerprint density at radius 3 is 1.76 bits per heavy atom. The van der Waals surface area contributed by atoms with Gasteiger partial charge < -0.3 is 4.74 Å². The van der Waals surface area contributed by atoms with E-state index >= 15 is 0 Å². The molecule has 0 aliphatic carbocycles. The van der Waals surface area contributed by atoms with E-state index in [2.05, 4.69) is 0 Å². The molecule has 0 amide bonds. The molecule has 0 heterocycles. The Labute approximate surface area is 221 Å². The third kappa shape index (κ3) is 7.53. The van der Waals surface area contributed by atoms with Crippen LogP contribution in [0.25, 0.3) is 11.1 Å². The van der Waals surface area contributed by atoms with Crippen LogP contribution in [0.2, 0.25) is 0 Å². The van der Waals surface area contributed by atoms with Gasteiger partial charge in [0.25, 0.3) is 0 Å². The van der Waals surface area contributed by atoms with Crippen molar-refractivity contribution < 1.29 is 45.1 Å². The lowest BCUT2D eigenvalue weighted by atomic mass is 9.92. The van der Waals surface area contributed by atoms with E-state index in [0.29, 0.717) is 27.3 Å². The van der Waals surface area contributed by atoms with Gasteiger partial charge in [-0.25, -0.2) is 4.39 Å². The molecule has 0 aliphatic heterocycles. The normalized spacial score (nSPS) is 11.6. The van der Waals surface area contributed by atoms with Crippen molar-refractivity contribution in [3.63, 3.8) is 0 Å². The average Bonchev–Trinajstić information content (AvgIpc) is 2.82. The monoisotopic (exact) mass is 640 g/mol. The molecule has 0 aromatic heterocycles. The van der Waals surface area contributed by atoms with Gasteiger partial charge >= 0.3 is 12.4 Å². The zero-order valence-electron chi connectivity index (χ0n) is 19.6. The van der Waals surface area contributed by atoms with Crippen LogP contribution in [-0.4, -0.2) is 19.7 Å². The number of carbonyl (C=O) groups is 2. The fourth-order valence-electron chi connectivity index (χ4n) is 3.29. The number of ether oxygens (including phenoxy) is 1. The number of alkyl halides is 6. The summed E-state index contributed by atoms with van der Waals surface area (Å²) in [4.78, 5) is 21.6. The molecular weight excluding hydrogens is 620 g/mol. The van der Waals surface area contributed by atoms with E-state index in [1.165, 1.54) is 31.4 Å². The van der Waals surface area contributed by atoms with E-state index in [-0.39, 0.29) is 28.4 Å². The van der Waals surface area contributed by atoms with Gasteiger partial charge in [-0.1, -0.05) is 19.9 Å². The van der Waals surface area contributed by atoms with Crippen molar-refractivity contribution in [1.82, 2.24) is 0 Å². The molecule has 3 nitrogen and oxygen atoms in total. The number of benzene rings is 3. The molecule has 3 aromatic carbocycles. The number of aldehydes is 2. The van der Waals surface area contributed by atoms with Crippen molar-refractivity contribution in [3.8, 4) is 16.9 Å². The van der Waals surface area contributed by atoms with Crippen LogP contribution < -0.4 is 4.74 Å². The highest BCUT2D eigenvalue weighted by Crippen LogP contribution is 2.38. The molecule has 37 heavy (non-hydrogen) atoms. The first kappa shape index (κ1) is 30.3. The Morgan fingerprint density at radius 2 is 1.30 bits per heavy atom. The van der Waals surface area contributed by atoms with Crippen LogP contribution in [-0.2, 0) is 12.4 Å². The number of carbonyl (C=O) groups excluding carboxylic acids is 2. The Bertz CT molecular complexity index is 1280. The van der Waals surface area contributed by atoms with Crippen LogP contribution in [0.3, 0.4) is 0 Å². The summed E-state index contributed by atoms with van der Waals surface area (Å²) in [5, 5.41) is 0. The molecule has 198 valence electrons. The summed E-state index contributed by atoms with van der Waals surface area (Å²) >= 11 is 1.81. The van der Waals surface area contributed by atoms with Gasteiger partial charge in [0, 0.05) is 26.3 Å². The van der Waals surface area contributed by atoms with Gasteiger partial charge in [-0.2, -0.15) is 26.3 Å². The summed E-state index contributed by atoms with van der Waals surface area (Å²) in [6, 6.07) is 8.62. The first-order chi connectivity index (χ1) is 17.1. The number of hydrogen-bond donors (Lipinski definition) is 0. The lowest BCUT2D eigenvalue weighted by Crippen LogP contribution is -2.06. The standard InChI is InChI=1S/C18H16F4O2.C8H4F3IO/c1-10(2)14-7-15(17(24-3)8-16(14)19)13-5-4-12(18(20,21)22)6-11(13)9-23;9-8(10,11)6-1-2-7(12)5(3-6)4-13/h4-10H,1-3H3;1-4H. The van der Waals surface area contributed by atoms with Gasteiger partial charge in [0.1, 0.15) is 11.6 Å². The molecule has 0 bridgehead atoms. The van der Waals surface area contributed by atoms with E-state index < -0.39 is 29.3 Å². The number of hydrogen-bond acceptors (Lipinski definition) is 3. The highest BCUT2D eigenvalue weighted by atomic mass is 127. The molecule has 0 spiro atoms. The molecule has 0 N–H and O–H groups in total. The fraction of sp³-hybridized carbons (Fsp3) is 0.231. The van der Waals surface area contributed by atoms with Crippen molar-refractivity contribution in [2.75, 3.05) is 7.11 Å². The molecule has 0 unspecified atom stereocenters. The van der Waals surface area contributed by atoms with Gasteiger partial charge in [0.2, 0.25) is 0 Å². The van der Waals surface area contributed by atoms with Gasteiger partial charge in [-0.3, -0.25) is 9.59 Å². The van der Waals surface area contributed by atoms with Crippen LogP contribution in [0.15, 0.2) is 48.5 Å². The summed E-state index contributed by atoms with van der Waals surface area (Å²) in [6.07, 6.45) is -8.17. The summed E-state index contributed by atoms with van der Waals surface area (Å²) < 4.78 is 94.5. The van der Waals surface area contributed by atoms with E-state index in [1.807, 2.05) is 0 Å². The molecule has 3 aromatic rings. The van der Waals surface area contributed by atoms with Crippen LogP contribution >= 0.6 is 22.6 Å². The molecule has 0 saturated carbocycles. The summed E-state index contributed by atoms with van der Waals surface area (Å²) in [7, 11) is 1.33. The molecular formula is C26H20F7IO3. The number of halogens is 8. The molecule has 0 radical (unpaired) electrons. The van der Waals surface area contributed by atoms with Crippen LogP contribution in [0, 0.1) is 9.39 Å². The smallest absolute Gasteiger partial charge is 0.416 e. The van der Waals surface area contributed by atoms with Gasteiger partial charge in [0.05, 0.1) is 18.2 Å². The van der Waals surface area contributed by atoms with Crippen molar-refractivity contribution in [2.24, 2.45) is 0 Å². The third-order valence-electron chi connectivity index (χ3n) is 5.19. The maximum atomic E-state index is 14.1. The SMILES string of the molecule is COc1cc(F)c(C(C)C)cc1-c1ccc(C(F)(F)F)cc1C=O.O=Cc1cc(C(F)(F)F)ccc1I. The highest BCUT2D eigenvalue weighted by Gasteiger charge is 2.32. The molecule has 0 fully saturated rings. The zero-order chi connectivity index (χ0) is 28.1. The fourth-order valence-corrected chi connectivity index (χ4v) is 3.75. The predicted molar refractivity (Wildman–Crippen MR) is 132 cm³/mol. The molecule has 11 heteroatoms.